The van der Waals surface area contributed by atoms with E-state index in [0.29, 0.717) is 44.7 Å². The molecule has 1 aromatic rings. The lowest BCUT2D eigenvalue weighted by Gasteiger charge is -2.57. The van der Waals surface area contributed by atoms with Gasteiger partial charge in [-0.1, -0.05) is 64.5 Å². The maximum Gasteiger partial charge on any atom is 0.191 e. The van der Waals surface area contributed by atoms with E-state index in [-0.39, 0.29) is 28.3 Å². The van der Waals surface area contributed by atoms with Crippen molar-refractivity contribution in [3.63, 3.8) is 0 Å². The van der Waals surface area contributed by atoms with Crippen LogP contribution in [0, 0.1) is 28.1 Å². The van der Waals surface area contributed by atoms with E-state index in [9.17, 15) is 10.2 Å². The van der Waals surface area contributed by atoms with Crippen LogP contribution in [0.25, 0.3) is 0 Å². The Hall–Kier alpha value is -1.28. The van der Waals surface area contributed by atoms with Crippen molar-refractivity contribution < 1.29 is 29.2 Å². The second-order valence-electron chi connectivity index (χ2n) is 16.7. The van der Waals surface area contributed by atoms with Crippen molar-refractivity contribution in [3.8, 4) is 0 Å². The highest BCUT2D eigenvalue weighted by Crippen LogP contribution is 2.65. The molecule has 7 rings (SSSR count). The lowest BCUT2D eigenvalue weighted by atomic mass is 9.51. The van der Waals surface area contributed by atoms with Crippen LogP contribution < -0.4 is 0 Å². The van der Waals surface area contributed by atoms with Gasteiger partial charge in [-0.25, -0.2) is 0 Å². The molecule has 2 aliphatic heterocycles. The van der Waals surface area contributed by atoms with Gasteiger partial charge in [-0.2, -0.15) is 0 Å². The molecule has 42 heavy (non-hydrogen) atoms. The van der Waals surface area contributed by atoms with Crippen LogP contribution in [-0.4, -0.2) is 54.1 Å². The third-order valence-corrected chi connectivity index (χ3v) is 12.1. The highest BCUT2D eigenvalue weighted by Gasteiger charge is 2.60. The largest absolute Gasteiger partial charge is 0.393 e. The molecule has 0 radical (unpaired) electrons. The molecule has 5 fully saturated rings. The van der Waals surface area contributed by atoms with Crippen molar-refractivity contribution in [2.75, 3.05) is 26.4 Å². The first kappa shape index (κ1) is 29.4. The molecular formula is C36H52O6. The number of fused-ring (bicyclic) bond motifs is 4. The zero-order valence-corrected chi connectivity index (χ0v) is 26.6. The molecule has 3 saturated carbocycles. The van der Waals surface area contributed by atoms with Crippen molar-refractivity contribution in [2.24, 2.45) is 28.1 Å². The van der Waals surface area contributed by atoms with Gasteiger partial charge in [0, 0.05) is 35.2 Å². The number of aliphatic hydroxyl groups is 2. The first-order valence-electron chi connectivity index (χ1n) is 16.5. The van der Waals surface area contributed by atoms with E-state index in [4.69, 9.17) is 18.9 Å². The SMILES string of the molecule is CC1(C)COC2(CCC3=C4[C@@H](CC[C@@]3(O)C2)[C@@H]2CC[C@H](O)[C@@]2(C)C[C@@H]4c2ccc(C3(C)OCC(C)(C)CO3)cc2)OC1. The summed E-state index contributed by atoms with van der Waals surface area (Å²) < 4.78 is 25.3. The molecule has 0 unspecified atom stereocenters. The van der Waals surface area contributed by atoms with Crippen molar-refractivity contribution in [2.45, 2.75) is 122 Å². The van der Waals surface area contributed by atoms with Crippen LogP contribution in [0.15, 0.2) is 35.4 Å². The quantitative estimate of drug-likeness (QED) is 0.385. The lowest BCUT2D eigenvalue weighted by Crippen LogP contribution is -2.57. The Morgan fingerprint density at radius 2 is 1.38 bits per heavy atom. The van der Waals surface area contributed by atoms with Gasteiger partial charge in [0.25, 0.3) is 0 Å². The van der Waals surface area contributed by atoms with Gasteiger partial charge in [0.2, 0.25) is 0 Å². The van der Waals surface area contributed by atoms with E-state index in [2.05, 4.69) is 58.9 Å². The van der Waals surface area contributed by atoms with Gasteiger partial charge in [-0.15, -0.1) is 0 Å². The zero-order chi connectivity index (χ0) is 29.8. The van der Waals surface area contributed by atoms with Gasteiger partial charge in [-0.3, -0.25) is 0 Å². The molecule has 6 heteroatoms. The molecule has 2 saturated heterocycles. The molecule has 232 valence electrons. The summed E-state index contributed by atoms with van der Waals surface area (Å²) in [5.41, 5.74) is 3.99. The summed E-state index contributed by atoms with van der Waals surface area (Å²) in [4.78, 5) is 0. The van der Waals surface area contributed by atoms with E-state index < -0.39 is 17.2 Å². The van der Waals surface area contributed by atoms with E-state index in [1.54, 1.807) is 0 Å². The summed E-state index contributed by atoms with van der Waals surface area (Å²) in [5.74, 6) is -0.413. The molecule has 6 nitrogen and oxygen atoms in total. The Morgan fingerprint density at radius 1 is 0.762 bits per heavy atom. The molecule has 1 spiro atoms. The highest BCUT2D eigenvalue weighted by atomic mass is 16.7. The lowest BCUT2D eigenvalue weighted by molar-refractivity contribution is -0.322. The highest BCUT2D eigenvalue weighted by molar-refractivity contribution is 5.44. The summed E-state index contributed by atoms with van der Waals surface area (Å²) in [6, 6.07) is 8.84. The molecule has 0 amide bonds. The molecule has 4 aliphatic carbocycles. The molecule has 2 heterocycles. The Labute approximate surface area is 252 Å². The second-order valence-corrected chi connectivity index (χ2v) is 16.7. The van der Waals surface area contributed by atoms with E-state index in [1.807, 2.05) is 6.92 Å². The predicted octanol–water partition coefficient (Wildman–Crippen LogP) is 6.59. The molecule has 6 aliphatic rings. The zero-order valence-electron chi connectivity index (χ0n) is 26.6. The second kappa shape index (κ2) is 9.61. The van der Waals surface area contributed by atoms with Gasteiger partial charge in [0.05, 0.1) is 38.1 Å². The van der Waals surface area contributed by atoms with Crippen LogP contribution in [0.3, 0.4) is 0 Å². The van der Waals surface area contributed by atoms with Gasteiger partial charge in [0.1, 0.15) is 0 Å². The Bertz CT molecular complexity index is 1230. The molecule has 0 aromatic heterocycles. The predicted molar refractivity (Wildman–Crippen MR) is 161 cm³/mol. The Morgan fingerprint density at radius 3 is 2.02 bits per heavy atom. The normalized spacial score (nSPS) is 41.6. The smallest absolute Gasteiger partial charge is 0.191 e. The fraction of sp³-hybridized carbons (Fsp3) is 0.778. The van der Waals surface area contributed by atoms with Crippen molar-refractivity contribution >= 4 is 0 Å². The summed E-state index contributed by atoms with van der Waals surface area (Å²) in [6.07, 6.45) is 6.38. The fourth-order valence-electron chi connectivity index (χ4n) is 9.46. The maximum atomic E-state index is 12.4. The van der Waals surface area contributed by atoms with Crippen LogP contribution in [0.5, 0.6) is 0 Å². The number of hydrogen-bond acceptors (Lipinski definition) is 6. The average molecular weight is 581 g/mol. The Kier molecular flexibility index (Phi) is 6.73. The van der Waals surface area contributed by atoms with Crippen molar-refractivity contribution in [1.82, 2.24) is 0 Å². The van der Waals surface area contributed by atoms with Crippen LogP contribution in [-0.2, 0) is 24.7 Å². The molecule has 0 bridgehead atoms. The first-order chi connectivity index (χ1) is 19.7. The van der Waals surface area contributed by atoms with Gasteiger partial charge in [-0.05, 0) is 73.8 Å². The molecular weight excluding hydrogens is 528 g/mol. The van der Waals surface area contributed by atoms with Gasteiger partial charge >= 0.3 is 0 Å². The fourth-order valence-corrected chi connectivity index (χ4v) is 9.46. The standard InChI is InChI=1S/C36H52O6/c1-31(2)19-39-34(6,40-20-31)24-9-7-23(8-10-24)26-17-33(5)27(11-12-29(33)37)25-13-15-35(38)18-36(16-14-28(35)30(25)26)41-21-32(3,4)22-42-36/h7-10,25-27,29,37-38H,11-22H2,1-6H3/t25-,26+,27-,29-,33-,35+/m0/s1. The van der Waals surface area contributed by atoms with Crippen LogP contribution in [0.4, 0.5) is 0 Å². The number of allylic oxidation sites excluding steroid dienone is 1. The minimum atomic E-state index is -0.904. The third kappa shape index (κ3) is 4.66. The molecule has 1 aromatic carbocycles. The summed E-state index contributed by atoms with van der Waals surface area (Å²) >= 11 is 0. The minimum absolute atomic E-state index is 0.000354. The van der Waals surface area contributed by atoms with E-state index in [1.165, 1.54) is 16.7 Å². The van der Waals surface area contributed by atoms with Crippen LogP contribution in [0.2, 0.25) is 0 Å². The first-order valence-corrected chi connectivity index (χ1v) is 16.5. The summed E-state index contributed by atoms with van der Waals surface area (Å²) in [6.45, 7) is 15.7. The molecule has 6 atom stereocenters. The number of benzene rings is 1. The monoisotopic (exact) mass is 580 g/mol. The number of aliphatic hydroxyl groups excluding tert-OH is 1. The van der Waals surface area contributed by atoms with Crippen LogP contribution >= 0.6 is 0 Å². The number of rotatable bonds is 2. The number of ether oxygens (including phenoxy) is 4. The number of hydrogen-bond donors (Lipinski definition) is 2. The van der Waals surface area contributed by atoms with Gasteiger partial charge < -0.3 is 29.2 Å². The van der Waals surface area contributed by atoms with Gasteiger partial charge in [0.15, 0.2) is 11.6 Å². The maximum absolute atomic E-state index is 12.4. The Balaban J connectivity index is 1.24. The third-order valence-electron chi connectivity index (χ3n) is 12.1. The summed E-state index contributed by atoms with van der Waals surface area (Å²) in [5, 5.41) is 23.7. The van der Waals surface area contributed by atoms with Crippen molar-refractivity contribution in [3.05, 3.63) is 46.5 Å². The molecule has 2 N–H and O–H groups in total. The van der Waals surface area contributed by atoms with E-state index >= 15 is 0 Å². The van der Waals surface area contributed by atoms with Crippen molar-refractivity contribution in [1.29, 1.82) is 0 Å². The minimum Gasteiger partial charge on any atom is -0.393 e. The average Bonchev–Trinajstić information content (AvgIpc) is 3.25. The van der Waals surface area contributed by atoms with Crippen LogP contribution in [0.1, 0.15) is 110 Å². The van der Waals surface area contributed by atoms with E-state index in [0.717, 1.165) is 50.5 Å². The topological polar surface area (TPSA) is 77.4 Å². The summed E-state index contributed by atoms with van der Waals surface area (Å²) in [7, 11) is 0.